The Balaban J connectivity index is 1.73. The topological polar surface area (TPSA) is 56.1 Å². The number of hydrogen-bond donors (Lipinski definition) is 1. The van der Waals surface area contributed by atoms with Gasteiger partial charge in [0, 0.05) is 24.5 Å². The fourth-order valence-electron chi connectivity index (χ4n) is 2.39. The van der Waals surface area contributed by atoms with Crippen LogP contribution in [0.15, 0.2) is 53.5 Å². The first-order chi connectivity index (χ1) is 11.7. The molecule has 5 nitrogen and oxygen atoms in total. The summed E-state index contributed by atoms with van der Waals surface area (Å²) in [5.41, 5.74) is 1.31. The number of halogens is 1. The quantitative estimate of drug-likeness (QED) is 0.747. The molecule has 1 aromatic carbocycles. The average Bonchev–Trinajstić information content (AvgIpc) is 3.29. The van der Waals surface area contributed by atoms with Crippen LogP contribution in [0.3, 0.4) is 0 Å². The molecule has 3 aromatic rings. The van der Waals surface area contributed by atoms with Crippen molar-refractivity contribution in [3.63, 3.8) is 0 Å². The van der Waals surface area contributed by atoms with Crippen LogP contribution in [0.25, 0.3) is 0 Å². The zero-order valence-corrected chi connectivity index (χ0v) is 13.8. The molecule has 0 saturated heterocycles. The van der Waals surface area contributed by atoms with Crippen LogP contribution in [0.4, 0.5) is 4.39 Å². The van der Waals surface area contributed by atoms with E-state index in [1.807, 2.05) is 29.1 Å². The molecule has 1 unspecified atom stereocenters. The second kappa shape index (κ2) is 7.27. The predicted molar refractivity (Wildman–Crippen MR) is 90.0 cm³/mol. The van der Waals surface area contributed by atoms with E-state index in [2.05, 4.69) is 10.4 Å². The van der Waals surface area contributed by atoms with E-state index in [0.717, 1.165) is 5.56 Å². The number of amides is 1. The first-order valence-corrected chi connectivity index (χ1v) is 8.26. The van der Waals surface area contributed by atoms with Crippen molar-refractivity contribution in [2.45, 2.75) is 6.04 Å². The van der Waals surface area contributed by atoms with Crippen molar-refractivity contribution in [2.75, 3.05) is 13.7 Å². The number of ether oxygens (including phenoxy) is 1. The summed E-state index contributed by atoms with van der Waals surface area (Å²) >= 11 is 1.58. The van der Waals surface area contributed by atoms with Crippen molar-refractivity contribution in [1.29, 1.82) is 0 Å². The summed E-state index contributed by atoms with van der Waals surface area (Å²) in [7, 11) is 1.38. The van der Waals surface area contributed by atoms with Gasteiger partial charge < -0.3 is 10.1 Å². The van der Waals surface area contributed by atoms with Gasteiger partial charge in [0.2, 0.25) is 0 Å². The molecule has 0 aliphatic heterocycles. The molecule has 124 valence electrons. The van der Waals surface area contributed by atoms with Gasteiger partial charge >= 0.3 is 0 Å². The van der Waals surface area contributed by atoms with Gasteiger partial charge in [0.15, 0.2) is 11.6 Å². The van der Waals surface area contributed by atoms with Crippen molar-refractivity contribution in [3.8, 4) is 5.75 Å². The lowest BCUT2D eigenvalue weighted by Crippen LogP contribution is -2.31. The van der Waals surface area contributed by atoms with Crippen molar-refractivity contribution in [1.82, 2.24) is 15.1 Å². The van der Waals surface area contributed by atoms with Crippen molar-refractivity contribution < 1.29 is 13.9 Å². The number of nitrogens with one attached hydrogen (secondary N) is 1. The predicted octanol–water partition coefficient (Wildman–Crippen LogP) is 3.11. The normalized spacial score (nSPS) is 11.9. The fourth-order valence-corrected chi connectivity index (χ4v) is 3.10. The summed E-state index contributed by atoms with van der Waals surface area (Å²) in [6, 6.07) is 7.86. The van der Waals surface area contributed by atoms with Crippen LogP contribution >= 0.6 is 11.3 Å². The summed E-state index contributed by atoms with van der Waals surface area (Å²) in [6.07, 6.45) is 3.54. The minimum absolute atomic E-state index is 0.110. The number of rotatable bonds is 6. The second-order valence-electron chi connectivity index (χ2n) is 5.12. The Bertz CT molecular complexity index is 769. The number of benzene rings is 1. The van der Waals surface area contributed by atoms with E-state index < -0.39 is 5.82 Å². The monoisotopic (exact) mass is 345 g/mol. The summed E-state index contributed by atoms with van der Waals surface area (Å²) in [5, 5.41) is 11.1. The number of methoxy groups -OCH3 is 1. The van der Waals surface area contributed by atoms with Gasteiger partial charge in [-0.2, -0.15) is 16.4 Å². The maximum atomic E-state index is 13.7. The Kier molecular flexibility index (Phi) is 4.90. The molecule has 2 heterocycles. The number of nitrogens with zero attached hydrogens (tertiary/aromatic N) is 2. The van der Waals surface area contributed by atoms with Crippen LogP contribution in [0.5, 0.6) is 5.75 Å². The van der Waals surface area contributed by atoms with E-state index in [1.165, 1.54) is 25.3 Å². The second-order valence-corrected chi connectivity index (χ2v) is 5.90. The van der Waals surface area contributed by atoms with Crippen LogP contribution in [0, 0.1) is 5.82 Å². The highest BCUT2D eigenvalue weighted by atomic mass is 32.1. The largest absolute Gasteiger partial charge is 0.494 e. The van der Waals surface area contributed by atoms with Crippen LogP contribution in [-0.2, 0) is 0 Å². The lowest BCUT2D eigenvalue weighted by molar-refractivity contribution is 0.0948. The number of hydrogen-bond acceptors (Lipinski definition) is 4. The first-order valence-electron chi connectivity index (χ1n) is 7.32. The standard InChI is InChI=1S/C17H16FN3O2S/c1-23-16-4-3-12(9-14(16)18)17(22)19-10-15(13-5-8-24-11-13)21-7-2-6-20-21/h2-9,11,15H,10H2,1H3,(H,19,22). The van der Waals surface area contributed by atoms with Gasteiger partial charge in [-0.15, -0.1) is 0 Å². The number of carbonyl (C=O) groups is 1. The third-order valence-corrected chi connectivity index (χ3v) is 4.34. The lowest BCUT2D eigenvalue weighted by atomic mass is 10.1. The van der Waals surface area contributed by atoms with Gasteiger partial charge in [-0.25, -0.2) is 4.39 Å². The molecule has 1 amide bonds. The Hall–Kier alpha value is -2.67. The molecule has 2 aromatic heterocycles. The maximum Gasteiger partial charge on any atom is 0.251 e. The van der Waals surface area contributed by atoms with E-state index in [-0.39, 0.29) is 23.3 Å². The molecule has 7 heteroatoms. The highest BCUT2D eigenvalue weighted by molar-refractivity contribution is 7.07. The minimum atomic E-state index is -0.563. The van der Waals surface area contributed by atoms with Crippen molar-refractivity contribution in [3.05, 3.63) is 70.4 Å². The van der Waals surface area contributed by atoms with Crippen LogP contribution in [0.2, 0.25) is 0 Å². The molecule has 0 saturated carbocycles. The summed E-state index contributed by atoms with van der Waals surface area (Å²) in [4.78, 5) is 12.3. The maximum absolute atomic E-state index is 13.7. The molecule has 0 aliphatic carbocycles. The molecule has 0 bridgehead atoms. The smallest absolute Gasteiger partial charge is 0.251 e. The van der Waals surface area contributed by atoms with Gasteiger partial charge in [-0.05, 0) is 46.7 Å². The van der Waals surface area contributed by atoms with Crippen molar-refractivity contribution >= 4 is 17.2 Å². The first kappa shape index (κ1) is 16.2. The molecule has 24 heavy (non-hydrogen) atoms. The van der Waals surface area contributed by atoms with Gasteiger partial charge in [0.05, 0.1) is 13.2 Å². The molecule has 0 aliphatic rings. The van der Waals surface area contributed by atoms with E-state index in [9.17, 15) is 9.18 Å². The average molecular weight is 345 g/mol. The number of thiophene rings is 1. The van der Waals surface area contributed by atoms with Crippen LogP contribution < -0.4 is 10.1 Å². The summed E-state index contributed by atoms with van der Waals surface area (Å²) in [5.74, 6) is -0.796. The Morgan fingerprint density at radius 1 is 1.46 bits per heavy atom. The third-order valence-electron chi connectivity index (χ3n) is 3.64. The SMILES string of the molecule is COc1ccc(C(=O)NCC(c2ccsc2)n2cccn2)cc1F. The summed E-state index contributed by atoms with van der Waals surface area (Å²) < 4.78 is 20.4. The highest BCUT2D eigenvalue weighted by Gasteiger charge is 2.17. The minimum Gasteiger partial charge on any atom is -0.494 e. The highest BCUT2D eigenvalue weighted by Crippen LogP contribution is 2.20. The molecule has 0 radical (unpaired) electrons. The van der Waals surface area contributed by atoms with Crippen LogP contribution in [-0.4, -0.2) is 29.3 Å². The molecular weight excluding hydrogens is 329 g/mol. The van der Waals surface area contributed by atoms with Gasteiger partial charge in [-0.1, -0.05) is 0 Å². The van der Waals surface area contributed by atoms with E-state index in [4.69, 9.17) is 4.74 Å². The third kappa shape index (κ3) is 3.46. The van der Waals surface area contributed by atoms with Crippen LogP contribution in [0.1, 0.15) is 22.0 Å². The zero-order valence-electron chi connectivity index (χ0n) is 13.0. The van der Waals surface area contributed by atoms with E-state index in [0.29, 0.717) is 6.54 Å². The van der Waals surface area contributed by atoms with Gasteiger partial charge in [-0.3, -0.25) is 9.48 Å². The Labute approximate surface area is 142 Å². The fraction of sp³-hybridized carbons (Fsp3) is 0.176. The Morgan fingerprint density at radius 3 is 2.96 bits per heavy atom. The molecule has 0 spiro atoms. The molecule has 1 atom stereocenters. The van der Waals surface area contributed by atoms with E-state index >= 15 is 0 Å². The Morgan fingerprint density at radius 2 is 2.33 bits per heavy atom. The number of aromatic nitrogens is 2. The molecule has 1 N–H and O–H groups in total. The lowest BCUT2D eigenvalue weighted by Gasteiger charge is -2.17. The van der Waals surface area contributed by atoms with Gasteiger partial charge in [0.1, 0.15) is 0 Å². The molecule has 0 fully saturated rings. The molecule has 3 rings (SSSR count). The van der Waals surface area contributed by atoms with Gasteiger partial charge in [0.25, 0.3) is 5.91 Å². The zero-order chi connectivity index (χ0) is 16.9. The number of carbonyl (C=O) groups excluding carboxylic acids is 1. The van der Waals surface area contributed by atoms with E-state index in [1.54, 1.807) is 22.2 Å². The summed E-state index contributed by atoms with van der Waals surface area (Å²) in [6.45, 7) is 0.352. The molecular formula is C17H16FN3O2S. The van der Waals surface area contributed by atoms with Crippen molar-refractivity contribution in [2.24, 2.45) is 0 Å².